The maximum Gasteiger partial charge on any atom is 0.176 e. The lowest BCUT2D eigenvalue weighted by molar-refractivity contribution is 0.0942. The summed E-state index contributed by atoms with van der Waals surface area (Å²) in [4.78, 5) is 14.2. The summed E-state index contributed by atoms with van der Waals surface area (Å²) < 4.78 is 5.63. The summed E-state index contributed by atoms with van der Waals surface area (Å²) in [6.45, 7) is 4.51. The van der Waals surface area contributed by atoms with Crippen LogP contribution in [-0.2, 0) is 4.74 Å². The fourth-order valence-corrected chi connectivity index (χ4v) is 2.68. The number of likely N-dealkylation sites (tertiary alicyclic amines) is 1. The van der Waals surface area contributed by atoms with Gasteiger partial charge in [-0.15, -0.1) is 0 Å². The normalized spacial score (nSPS) is 31.9. The fourth-order valence-electron chi connectivity index (χ4n) is 2.68. The number of ether oxygens (including phenoxy) is 1. The molecule has 3 rings (SSSR count). The van der Waals surface area contributed by atoms with Gasteiger partial charge in [0.2, 0.25) is 0 Å². The van der Waals surface area contributed by atoms with Gasteiger partial charge in [-0.25, -0.2) is 0 Å². The third-order valence-corrected chi connectivity index (χ3v) is 3.90. The lowest BCUT2D eigenvalue weighted by atomic mass is 10.1. The molecule has 3 heteroatoms. The molecule has 1 aromatic rings. The van der Waals surface area contributed by atoms with Crippen LogP contribution < -0.4 is 0 Å². The zero-order chi connectivity index (χ0) is 11.9. The first kappa shape index (κ1) is 10.9. The van der Waals surface area contributed by atoms with Gasteiger partial charge in [0.25, 0.3) is 0 Å². The van der Waals surface area contributed by atoms with E-state index in [0.29, 0.717) is 12.6 Å². The van der Waals surface area contributed by atoms with E-state index in [1.165, 1.54) is 0 Å². The van der Waals surface area contributed by atoms with Crippen LogP contribution in [0.25, 0.3) is 0 Å². The fraction of sp³-hybridized carbons (Fsp3) is 0.500. The first-order chi connectivity index (χ1) is 8.20. The minimum atomic E-state index is 0.0803. The number of nitrogens with zero attached hydrogens (tertiary/aromatic N) is 1. The van der Waals surface area contributed by atoms with Crippen LogP contribution in [0.15, 0.2) is 30.3 Å². The number of hydrogen-bond acceptors (Lipinski definition) is 3. The van der Waals surface area contributed by atoms with Crippen molar-refractivity contribution < 1.29 is 9.53 Å². The average molecular weight is 231 g/mol. The van der Waals surface area contributed by atoms with Gasteiger partial charge in [-0.2, -0.15) is 0 Å². The Balaban J connectivity index is 1.60. The molecule has 2 saturated heterocycles. The Morgan fingerprint density at radius 3 is 2.76 bits per heavy atom. The molecule has 0 aliphatic carbocycles. The van der Waals surface area contributed by atoms with Crippen LogP contribution in [0.4, 0.5) is 0 Å². The summed E-state index contributed by atoms with van der Waals surface area (Å²) in [7, 11) is 0. The Bertz CT molecular complexity index is 431. The number of hydrogen-bond donors (Lipinski definition) is 0. The highest BCUT2D eigenvalue weighted by atomic mass is 16.6. The van der Waals surface area contributed by atoms with Gasteiger partial charge in [-0.3, -0.25) is 9.69 Å². The van der Waals surface area contributed by atoms with Crippen molar-refractivity contribution in [3.63, 3.8) is 0 Å². The maximum absolute atomic E-state index is 12.0. The molecule has 2 unspecified atom stereocenters. The molecule has 2 aliphatic heterocycles. The summed E-state index contributed by atoms with van der Waals surface area (Å²) in [6, 6.07) is 9.51. The Morgan fingerprint density at radius 1 is 1.47 bits per heavy atom. The molecule has 1 aromatic carbocycles. The summed E-state index contributed by atoms with van der Waals surface area (Å²) in [5.41, 5.74) is 0.884. The van der Waals surface area contributed by atoms with Crippen LogP contribution in [-0.4, -0.2) is 42.0 Å². The highest BCUT2D eigenvalue weighted by molar-refractivity contribution is 5.97. The van der Waals surface area contributed by atoms with Crippen molar-refractivity contribution >= 4 is 5.78 Å². The van der Waals surface area contributed by atoms with Crippen LogP contribution in [0.2, 0.25) is 0 Å². The second-order valence-electron chi connectivity index (χ2n) is 5.07. The lowest BCUT2D eigenvalue weighted by Gasteiger charge is -2.13. The third-order valence-electron chi connectivity index (χ3n) is 3.90. The predicted octanol–water partition coefficient (Wildman–Crippen LogP) is 1.73. The average Bonchev–Trinajstić information content (AvgIpc) is 2.78. The minimum Gasteiger partial charge on any atom is -0.365 e. The van der Waals surface area contributed by atoms with E-state index in [-0.39, 0.29) is 11.4 Å². The van der Waals surface area contributed by atoms with Crippen LogP contribution in [0, 0.1) is 0 Å². The van der Waals surface area contributed by atoms with Crippen LogP contribution in [0.5, 0.6) is 0 Å². The molecule has 17 heavy (non-hydrogen) atoms. The van der Waals surface area contributed by atoms with Gasteiger partial charge in [0.1, 0.15) is 5.60 Å². The molecule has 90 valence electrons. The topological polar surface area (TPSA) is 32.8 Å². The van der Waals surface area contributed by atoms with Crippen molar-refractivity contribution in [2.45, 2.75) is 25.0 Å². The molecular weight excluding hydrogens is 214 g/mol. The molecule has 0 radical (unpaired) electrons. The van der Waals surface area contributed by atoms with Crippen LogP contribution >= 0.6 is 0 Å². The molecule has 0 saturated carbocycles. The largest absolute Gasteiger partial charge is 0.365 e. The zero-order valence-electron chi connectivity index (χ0n) is 10.1. The summed E-state index contributed by atoms with van der Waals surface area (Å²) in [5, 5.41) is 0. The van der Waals surface area contributed by atoms with E-state index in [1.807, 2.05) is 30.3 Å². The monoisotopic (exact) mass is 231 g/mol. The zero-order valence-corrected chi connectivity index (χ0v) is 10.1. The van der Waals surface area contributed by atoms with E-state index in [9.17, 15) is 4.79 Å². The van der Waals surface area contributed by atoms with Gasteiger partial charge < -0.3 is 4.74 Å². The SMILES string of the molecule is CC1OC12CCN(CC(=O)c1ccccc1)C2. The number of carbonyl (C=O) groups is 1. The van der Waals surface area contributed by atoms with Crippen molar-refractivity contribution in [1.29, 1.82) is 0 Å². The molecule has 0 bridgehead atoms. The predicted molar refractivity (Wildman–Crippen MR) is 65.1 cm³/mol. The molecule has 1 spiro atoms. The summed E-state index contributed by atoms with van der Waals surface area (Å²) >= 11 is 0. The molecule has 2 fully saturated rings. The summed E-state index contributed by atoms with van der Waals surface area (Å²) in [6.07, 6.45) is 1.44. The number of epoxide rings is 1. The Kier molecular flexibility index (Phi) is 2.53. The maximum atomic E-state index is 12.0. The second kappa shape index (κ2) is 3.93. The molecule has 2 heterocycles. The van der Waals surface area contributed by atoms with Crippen molar-refractivity contribution in [3.8, 4) is 0 Å². The van der Waals surface area contributed by atoms with Gasteiger partial charge in [0.15, 0.2) is 5.78 Å². The first-order valence-corrected chi connectivity index (χ1v) is 6.18. The van der Waals surface area contributed by atoms with Crippen molar-refractivity contribution in [2.75, 3.05) is 19.6 Å². The number of benzene rings is 1. The van der Waals surface area contributed by atoms with Gasteiger partial charge in [-0.05, 0) is 13.3 Å². The van der Waals surface area contributed by atoms with E-state index in [1.54, 1.807) is 0 Å². The van der Waals surface area contributed by atoms with Gasteiger partial charge in [-0.1, -0.05) is 30.3 Å². The molecule has 2 atom stereocenters. The van der Waals surface area contributed by atoms with Crippen LogP contribution in [0.3, 0.4) is 0 Å². The molecular formula is C14H17NO2. The van der Waals surface area contributed by atoms with Gasteiger partial charge in [0.05, 0.1) is 12.6 Å². The minimum absolute atomic E-state index is 0.0803. The van der Waals surface area contributed by atoms with Crippen LogP contribution in [0.1, 0.15) is 23.7 Å². The highest BCUT2D eigenvalue weighted by Gasteiger charge is 2.56. The van der Waals surface area contributed by atoms with E-state index < -0.39 is 0 Å². The standard InChI is InChI=1S/C14H17NO2/c1-11-14(17-11)7-8-15(10-14)9-13(16)12-5-3-2-4-6-12/h2-6,11H,7-10H2,1H3. The quantitative estimate of drug-likeness (QED) is 0.586. The van der Waals surface area contributed by atoms with E-state index >= 15 is 0 Å². The van der Waals surface area contributed by atoms with E-state index in [0.717, 1.165) is 25.1 Å². The van der Waals surface area contributed by atoms with Crippen molar-refractivity contribution in [2.24, 2.45) is 0 Å². The number of carbonyl (C=O) groups excluding carboxylic acids is 1. The van der Waals surface area contributed by atoms with E-state index in [4.69, 9.17) is 4.74 Å². The van der Waals surface area contributed by atoms with Gasteiger partial charge in [0, 0.05) is 18.7 Å². The molecule has 0 amide bonds. The van der Waals surface area contributed by atoms with Crippen molar-refractivity contribution in [1.82, 2.24) is 4.90 Å². The second-order valence-corrected chi connectivity index (χ2v) is 5.07. The Morgan fingerprint density at radius 2 is 2.18 bits per heavy atom. The Hall–Kier alpha value is -1.19. The molecule has 0 aromatic heterocycles. The van der Waals surface area contributed by atoms with E-state index in [2.05, 4.69) is 11.8 Å². The molecule has 0 N–H and O–H groups in total. The lowest BCUT2D eigenvalue weighted by Crippen LogP contribution is -2.30. The van der Waals surface area contributed by atoms with Crippen molar-refractivity contribution in [3.05, 3.63) is 35.9 Å². The molecule has 2 aliphatic rings. The first-order valence-electron chi connectivity index (χ1n) is 6.18. The third kappa shape index (κ3) is 2.01. The summed E-state index contributed by atoms with van der Waals surface area (Å²) in [5.74, 6) is 0.205. The number of ketones is 1. The number of Topliss-reactive ketones (excluding diaryl/α,β-unsaturated/α-hetero) is 1. The van der Waals surface area contributed by atoms with Gasteiger partial charge >= 0.3 is 0 Å². The highest BCUT2D eigenvalue weighted by Crippen LogP contribution is 2.43. The smallest absolute Gasteiger partial charge is 0.176 e. The molecule has 3 nitrogen and oxygen atoms in total. The Labute approximate surface area is 101 Å². The number of rotatable bonds is 3.